The summed E-state index contributed by atoms with van der Waals surface area (Å²) < 4.78 is 12.3. The lowest BCUT2D eigenvalue weighted by Crippen LogP contribution is -2.08. The monoisotopic (exact) mass is 376 g/mol. The fraction of sp³-hybridized carbons (Fsp3) is 0.190. The molecule has 1 N–H and O–H groups in total. The van der Waals surface area contributed by atoms with Gasteiger partial charge in [0.05, 0.1) is 23.8 Å². The van der Waals surface area contributed by atoms with Gasteiger partial charge >= 0.3 is 5.97 Å². The van der Waals surface area contributed by atoms with Gasteiger partial charge in [0.2, 0.25) is 0 Å². The van der Waals surface area contributed by atoms with Crippen molar-refractivity contribution in [3.05, 3.63) is 66.0 Å². The molecular formula is C21H20N4O3. The number of rotatable bonds is 6. The molecule has 0 radical (unpaired) electrons. The van der Waals surface area contributed by atoms with Gasteiger partial charge < -0.3 is 14.8 Å². The van der Waals surface area contributed by atoms with Crippen LogP contribution in [-0.4, -0.2) is 27.4 Å². The first-order valence-electron chi connectivity index (χ1n) is 8.91. The first kappa shape index (κ1) is 17.8. The summed E-state index contributed by atoms with van der Waals surface area (Å²) in [4.78, 5) is 20.5. The van der Waals surface area contributed by atoms with Gasteiger partial charge in [-0.2, -0.15) is 0 Å². The number of esters is 1. The van der Waals surface area contributed by atoms with E-state index >= 15 is 0 Å². The number of aromatic nitrogens is 3. The van der Waals surface area contributed by atoms with E-state index in [1.54, 1.807) is 7.11 Å². The Hall–Kier alpha value is -3.61. The second kappa shape index (κ2) is 7.56. The lowest BCUT2D eigenvalue weighted by Gasteiger charge is -2.10. The average Bonchev–Trinajstić information content (AvgIpc) is 3.09. The van der Waals surface area contributed by atoms with Crippen molar-refractivity contribution in [1.82, 2.24) is 14.4 Å². The lowest BCUT2D eigenvalue weighted by atomic mass is 10.2. The van der Waals surface area contributed by atoms with E-state index in [-0.39, 0.29) is 12.6 Å². The minimum Gasteiger partial charge on any atom is -0.497 e. The van der Waals surface area contributed by atoms with Crippen molar-refractivity contribution in [3.8, 4) is 5.75 Å². The summed E-state index contributed by atoms with van der Waals surface area (Å²) in [5.74, 6) is 1.11. The normalized spacial score (nSPS) is 10.9. The molecule has 0 bridgehead atoms. The number of nitrogens with one attached hydrogen (secondary N) is 1. The number of ether oxygens (including phenoxy) is 2. The molecule has 142 valence electrons. The molecule has 0 saturated heterocycles. The van der Waals surface area contributed by atoms with Gasteiger partial charge in [0.1, 0.15) is 12.4 Å². The summed E-state index contributed by atoms with van der Waals surface area (Å²) in [6.07, 6.45) is 1.85. The van der Waals surface area contributed by atoms with Crippen molar-refractivity contribution in [1.29, 1.82) is 0 Å². The van der Waals surface area contributed by atoms with E-state index in [0.717, 1.165) is 28.0 Å². The molecule has 0 amide bonds. The van der Waals surface area contributed by atoms with Crippen LogP contribution in [0.4, 0.5) is 5.82 Å². The SMILES string of the molecule is COc1ccc(CNc2nc(COC(C)=O)cn3c2nc2ccccc23)cc1. The maximum Gasteiger partial charge on any atom is 0.303 e. The molecular weight excluding hydrogens is 356 g/mol. The zero-order valence-electron chi connectivity index (χ0n) is 15.7. The predicted molar refractivity (Wildman–Crippen MR) is 106 cm³/mol. The third-order valence-corrected chi connectivity index (χ3v) is 4.38. The summed E-state index contributed by atoms with van der Waals surface area (Å²) in [5.41, 5.74) is 4.30. The number of imidazole rings is 1. The summed E-state index contributed by atoms with van der Waals surface area (Å²) in [6.45, 7) is 2.07. The molecule has 0 spiro atoms. The van der Waals surface area contributed by atoms with E-state index in [9.17, 15) is 4.79 Å². The van der Waals surface area contributed by atoms with Gasteiger partial charge in [0, 0.05) is 19.7 Å². The van der Waals surface area contributed by atoms with E-state index in [4.69, 9.17) is 14.5 Å². The third-order valence-electron chi connectivity index (χ3n) is 4.38. The van der Waals surface area contributed by atoms with Gasteiger partial charge in [0.25, 0.3) is 0 Å². The van der Waals surface area contributed by atoms with Crippen LogP contribution in [0.2, 0.25) is 0 Å². The standard InChI is InChI=1S/C21H20N4O3/c1-14(26)28-13-16-12-25-19-6-4-3-5-18(19)24-21(25)20(23-16)22-11-15-7-9-17(27-2)10-8-15/h3-10,12H,11,13H2,1-2H3,(H,22,23). The topological polar surface area (TPSA) is 77.8 Å². The van der Waals surface area contributed by atoms with Crippen molar-refractivity contribution < 1.29 is 14.3 Å². The highest BCUT2D eigenvalue weighted by Crippen LogP contribution is 2.23. The predicted octanol–water partition coefficient (Wildman–Crippen LogP) is 3.57. The van der Waals surface area contributed by atoms with Crippen LogP contribution in [0.3, 0.4) is 0 Å². The van der Waals surface area contributed by atoms with Gasteiger partial charge in [-0.15, -0.1) is 0 Å². The third kappa shape index (κ3) is 3.59. The highest BCUT2D eigenvalue weighted by molar-refractivity contribution is 5.84. The Morgan fingerprint density at radius 1 is 1.11 bits per heavy atom. The van der Waals surface area contributed by atoms with Gasteiger partial charge in [-0.3, -0.25) is 9.20 Å². The van der Waals surface area contributed by atoms with Crippen LogP contribution >= 0.6 is 0 Å². The summed E-state index contributed by atoms with van der Waals surface area (Å²) in [7, 11) is 1.64. The quantitative estimate of drug-likeness (QED) is 0.519. The van der Waals surface area contributed by atoms with Crippen molar-refractivity contribution in [2.75, 3.05) is 12.4 Å². The molecule has 7 heteroatoms. The van der Waals surface area contributed by atoms with Gasteiger partial charge in [-0.05, 0) is 29.8 Å². The van der Waals surface area contributed by atoms with Crippen LogP contribution in [0.1, 0.15) is 18.2 Å². The maximum absolute atomic E-state index is 11.2. The highest BCUT2D eigenvalue weighted by Gasteiger charge is 2.12. The van der Waals surface area contributed by atoms with Crippen LogP contribution in [0, 0.1) is 0 Å². The molecule has 0 aliphatic heterocycles. The largest absolute Gasteiger partial charge is 0.497 e. The Kier molecular flexibility index (Phi) is 4.80. The Bertz CT molecular complexity index is 1140. The van der Waals surface area contributed by atoms with E-state index in [0.29, 0.717) is 18.1 Å². The Labute approximate surface area is 161 Å². The van der Waals surface area contributed by atoms with E-state index in [1.165, 1.54) is 6.92 Å². The number of hydrogen-bond donors (Lipinski definition) is 1. The first-order valence-corrected chi connectivity index (χ1v) is 8.91. The van der Waals surface area contributed by atoms with Crippen LogP contribution < -0.4 is 10.1 Å². The molecule has 4 aromatic rings. The van der Waals surface area contributed by atoms with E-state index in [2.05, 4.69) is 10.3 Å². The van der Waals surface area contributed by atoms with Gasteiger partial charge in [0.15, 0.2) is 11.5 Å². The molecule has 0 saturated carbocycles. The van der Waals surface area contributed by atoms with E-state index < -0.39 is 0 Å². The number of benzene rings is 2. The van der Waals surface area contributed by atoms with Crippen molar-refractivity contribution in [2.24, 2.45) is 0 Å². The second-order valence-electron chi connectivity index (χ2n) is 6.36. The van der Waals surface area contributed by atoms with Crippen molar-refractivity contribution >= 4 is 28.5 Å². The number of carbonyl (C=O) groups is 1. The van der Waals surface area contributed by atoms with E-state index in [1.807, 2.05) is 59.1 Å². The fourth-order valence-electron chi connectivity index (χ4n) is 3.01. The highest BCUT2D eigenvalue weighted by atomic mass is 16.5. The summed E-state index contributed by atoms with van der Waals surface area (Å²) >= 11 is 0. The van der Waals surface area contributed by atoms with Crippen LogP contribution in [0.25, 0.3) is 16.7 Å². The van der Waals surface area contributed by atoms with Gasteiger partial charge in [-0.25, -0.2) is 9.97 Å². The molecule has 2 heterocycles. The first-order chi connectivity index (χ1) is 13.6. The molecule has 0 aliphatic carbocycles. The van der Waals surface area contributed by atoms with Crippen molar-refractivity contribution in [3.63, 3.8) is 0 Å². The van der Waals surface area contributed by atoms with Crippen LogP contribution in [-0.2, 0) is 22.7 Å². The number of anilines is 1. The van der Waals surface area contributed by atoms with Crippen LogP contribution in [0.5, 0.6) is 5.75 Å². The molecule has 4 rings (SSSR count). The smallest absolute Gasteiger partial charge is 0.303 e. The zero-order valence-corrected chi connectivity index (χ0v) is 15.7. The number of nitrogens with zero attached hydrogens (tertiary/aromatic N) is 3. The molecule has 28 heavy (non-hydrogen) atoms. The minimum atomic E-state index is -0.342. The summed E-state index contributed by atoms with van der Waals surface area (Å²) in [6, 6.07) is 15.7. The molecule has 7 nitrogen and oxygen atoms in total. The molecule has 0 aliphatic rings. The number of methoxy groups -OCH3 is 1. The average molecular weight is 376 g/mol. The molecule has 2 aromatic carbocycles. The van der Waals surface area contributed by atoms with Gasteiger partial charge in [-0.1, -0.05) is 24.3 Å². The minimum absolute atomic E-state index is 0.106. The fourth-order valence-corrected chi connectivity index (χ4v) is 3.01. The Morgan fingerprint density at radius 2 is 1.89 bits per heavy atom. The molecule has 0 atom stereocenters. The van der Waals surface area contributed by atoms with Crippen LogP contribution in [0.15, 0.2) is 54.7 Å². The number of fused-ring (bicyclic) bond motifs is 3. The van der Waals surface area contributed by atoms with Crippen molar-refractivity contribution in [2.45, 2.75) is 20.1 Å². The Morgan fingerprint density at radius 3 is 2.64 bits per heavy atom. The molecule has 2 aromatic heterocycles. The number of hydrogen-bond acceptors (Lipinski definition) is 6. The molecule has 0 unspecified atom stereocenters. The Balaban J connectivity index is 1.70. The maximum atomic E-state index is 11.2. The number of carbonyl (C=O) groups excluding carboxylic acids is 1. The number of para-hydroxylation sites is 2. The second-order valence-corrected chi connectivity index (χ2v) is 6.36. The summed E-state index contributed by atoms with van der Waals surface area (Å²) in [5, 5.41) is 3.35. The molecule has 0 fully saturated rings. The lowest BCUT2D eigenvalue weighted by molar-refractivity contribution is -0.142. The zero-order chi connectivity index (χ0) is 19.5.